The molecule has 98 valence electrons. The fourth-order valence-electron chi connectivity index (χ4n) is 2.16. The van der Waals surface area contributed by atoms with Gasteiger partial charge in [-0.2, -0.15) is 11.8 Å². The third kappa shape index (κ3) is 4.02. The van der Waals surface area contributed by atoms with Gasteiger partial charge >= 0.3 is 0 Å². The lowest BCUT2D eigenvalue weighted by Gasteiger charge is -2.21. The number of nitrogens with one attached hydrogen (secondary N) is 1. The molecule has 0 unspecified atom stereocenters. The number of carbonyl (C=O) groups excluding carboxylic acids is 1. The van der Waals surface area contributed by atoms with Crippen LogP contribution in [0.3, 0.4) is 0 Å². The highest BCUT2D eigenvalue weighted by molar-refractivity contribution is 9.10. The molecule has 1 fully saturated rings. The van der Waals surface area contributed by atoms with Gasteiger partial charge in [0, 0.05) is 16.6 Å². The summed E-state index contributed by atoms with van der Waals surface area (Å²) in [5, 5.41) is 3.05. The van der Waals surface area contributed by atoms with Crippen molar-refractivity contribution in [1.82, 2.24) is 5.32 Å². The number of aryl methyl sites for hydroxylation is 1. The third-order valence-electron chi connectivity index (χ3n) is 3.20. The van der Waals surface area contributed by atoms with Gasteiger partial charge in [0.15, 0.2) is 0 Å². The maximum absolute atomic E-state index is 12.1. The lowest BCUT2D eigenvalue weighted by molar-refractivity contribution is 0.0946. The molecule has 0 aliphatic carbocycles. The standard InChI is InChI=1S/C14H18BrNOS/c1-10-6-12(8-13(15)7-10)14(17)16-9-11-2-4-18-5-3-11/h6-8,11H,2-5,9H2,1H3,(H,16,17). The van der Waals surface area contributed by atoms with Gasteiger partial charge in [0.05, 0.1) is 0 Å². The van der Waals surface area contributed by atoms with Crippen LogP contribution in [0.5, 0.6) is 0 Å². The first-order valence-electron chi connectivity index (χ1n) is 6.28. The number of rotatable bonds is 3. The third-order valence-corrected chi connectivity index (χ3v) is 4.70. The molecule has 0 bridgehead atoms. The first-order chi connectivity index (χ1) is 8.65. The van der Waals surface area contributed by atoms with Crippen molar-refractivity contribution in [3.05, 3.63) is 33.8 Å². The molecule has 0 atom stereocenters. The number of carbonyl (C=O) groups is 1. The van der Waals surface area contributed by atoms with Crippen molar-refractivity contribution >= 4 is 33.6 Å². The van der Waals surface area contributed by atoms with E-state index >= 15 is 0 Å². The SMILES string of the molecule is Cc1cc(Br)cc(C(=O)NCC2CCSCC2)c1. The molecule has 1 heterocycles. The normalized spacial score (nSPS) is 16.6. The molecule has 1 N–H and O–H groups in total. The number of halogens is 1. The van der Waals surface area contributed by atoms with Crippen LogP contribution in [0.1, 0.15) is 28.8 Å². The minimum absolute atomic E-state index is 0.0395. The Bertz CT molecular complexity index is 410. The van der Waals surface area contributed by atoms with Gasteiger partial charge in [0.1, 0.15) is 0 Å². The van der Waals surface area contributed by atoms with Crippen LogP contribution in [0.2, 0.25) is 0 Å². The quantitative estimate of drug-likeness (QED) is 0.918. The largest absolute Gasteiger partial charge is 0.352 e. The van der Waals surface area contributed by atoms with Crippen LogP contribution in [0, 0.1) is 12.8 Å². The summed E-state index contributed by atoms with van der Waals surface area (Å²) in [6, 6.07) is 5.81. The molecule has 0 radical (unpaired) electrons. The molecule has 2 rings (SSSR count). The second kappa shape index (κ2) is 6.62. The molecule has 1 aliphatic heterocycles. The van der Waals surface area contributed by atoms with E-state index in [4.69, 9.17) is 0 Å². The Morgan fingerprint density at radius 1 is 1.39 bits per heavy atom. The van der Waals surface area contributed by atoms with E-state index in [2.05, 4.69) is 21.2 Å². The number of hydrogen-bond acceptors (Lipinski definition) is 2. The van der Waals surface area contributed by atoms with E-state index in [0.717, 1.165) is 22.1 Å². The van der Waals surface area contributed by atoms with Crippen LogP contribution in [-0.2, 0) is 0 Å². The average molecular weight is 328 g/mol. The molecule has 1 aromatic carbocycles. The molecule has 1 saturated heterocycles. The Labute approximate surface area is 121 Å². The molecule has 0 saturated carbocycles. The van der Waals surface area contributed by atoms with E-state index < -0.39 is 0 Å². The zero-order valence-electron chi connectivity index (χ0n) is 10.5. The second-order valence-corrected chi connectivity index (χ2v) is 6.92. The van der Waals surface area contributed by atoms with Gasteiger partial charge in [0.25, 0.3) is 5.91 Å². The maximum atomic E-state index is 12.1. The average Bonchev–Trinajstić information content (AvgIpc) is 2.36. The maximum Gasteiger partial charge on any atom is 0.251 e. The molecule has 0 spiro atoms. The highest BCUT2D eigenvalue weighted by Gasteiger charge is 2.15. The highest BCUT2D eigenvalue weighted by atomic mass is 79.9. The fourth-order valence-corrected chi connectivity index (χ4v) is 3.97. The second-order valence-electron chi connectivity index (χ2n) is 4.78. The lowest BCUT2D eigenvalue weighted by atomic mass is 10.0. The molecule has 4 heteroatoms. The van der Waals surface area contributed by atoms with Crippen LogP contribution in [0.15, 0.2) is 22.7 Å². The highest BCUT2D eigenvalue weighted by Crippen LogP contribution is 2.22. The molecule has 0 aromatic heterocycles. The summed E-state index contributed by atoms with van der Waals surface area (Å²) in [5.74, 6) is 3.16. The van der Waals surface area contributed by atoms with Crippen molar-refractivity contribution in [3.63, 3.8) is 0 Å². The Morgan fingerprint density at radius 3 is 2.78 bits per heavy atom. The minimum atomic E-state index is 0.0395. The summed E-state index contributed by atoms with van der Waals surface area (Å²) in [6.45, 7) is 2.81. The van der Waals surface area contributed by atoms with Gasteiger partial charge < -0.3 is 5.32 Å². The number of benzene rings is 1. The van der Waals surface area contributed by atoms with Gasteiger partial charge in [-0.1, -0.05) is 15.9 Å². The van der Waals surface area contributed by atoms with Crippen LogP contribution < -0.4 is 5.32 Å². The first kappa shape index (κ1) is 13.9. The first-order valence-corrected chi connectivity index (χ1v) is 8.23. The molecule has 1 amide bonds. The lowest BCUT2D eigenvalue weighted by Crippen LogP contribution is -2.31. The van der Waals surface area contributed by atoms with Crippen LogP contribution in [0.25, 0.3) is 0 Å². The van der Waals surface area contributed by atoms with Crippen molar-refractivity contribution in [2.75, 3.05) is 18.1 Å². The van der Waals surface area contributed by atoms with Crippen molar-refractivity contribution in [2.24, 2.45) is 5.92 Å². The summed E-state index contributed by atoms with van der Waals surface area (Å²) in [6.07, 6.45) is 2.45. The summed E-state index contributed by atoms with van der Waals surface area (Å²) in [5.41, 5.74) is 1.84. The topological polar surface area (TPSA) is 29.1 Å². The predicted molar refractivity (Wildman–Crippen MR) is 81.3 cm³/mol. The minimum Gasteiger partial charge on any atom is -0.352 e. The van der Waals surface area contributed by atoms with Crippen molar-refractivity contribution < 1.29 is 4.79 Å². The van der Waals surface area contributed by atoms with E-state index in [1.54, 1.807) is 0 Å². The van der Waals surface area contributed by atoms with Gasteiger partial charge in [0.2, 0.25) is 0 Å². The van der Waals surface area contributed by atoms with E-state index in [-0.39, 0.29) is 5.91 Å². The van der Waals surface area contributed by atoms with Crippen molar-refractivity contribution in [1.29, 1.82) is 0 Å². The summed E-state index contributed by atoms with van der Waals surface area (Å²) in [7, 11) is 0. The number of amides is 1. The van der Waals surface area contributed by atoms with Gasteiger partial charge in [-0.3, -0.25) is 4.79 Å². The number of thioether (sulfide) groups is 1. The molecular weight excluding hydrogens is 310 g/mol. The Kier molecular flexibility index (Phi) is 5.13. The number of hydrogen-bond donors (Lipinski definition) is 1. The monoisotopic (exact) mass is 327 g/mol. The van der Waals surface area contributed by atoms with Gasteiger partial charge in [-0.05, 0) is 61.0 Å². The summed E-state index contributed by atoms with van der Waals surface area (Å²) in [4.78, 5) is 12.1. The van der Waals surface area contributed by atoms with Gasteiger partial charge in [-0.25, -0.2) is 0 Å². The van der Waals surface area contributed by atoms with E-state index in [1.165, 1.54) is 24.3 Å². The van der Waals surface area contributed by atoms with Crippen LogP contribution in [-0.4, -0.2) is 24.0 Å². The molecule has 2 nitrogen and oxygen atoms in total. The smallest absolute Gasteiger partial charge is 0.251 e. The van der Waals surface area contributed by atoms with Gasteiger partial charge in [-0.15, -0.1) is 0 Å². The predicted octanol–water partition coefficient (Wildman–Crippen LogP) is 3.63. The zero-order valence-corrected chi connectivity index (χ0v) is 12.9. The summed E-state index contributed by atoms with van der Waals surface area (Å²) < 4.78 is 0.960. The van der Waals surface area contributed by atoms with E-state index in [0.29, 0.717) is 5.92 Å². The zero-order chi connectivity index (χ0) is 13.0. The van der Waals surface area contributed by atoms with E-state index in [1.807, 2.05) is 36.9 Å². The summed E-state index contributed by atoms with van der Waals surface area (Å²) >= 11 is 5.44. The molecule has 1 aromatic rings. The molecular formula is C14H18BrNOS. The van der Waals surface area contributed by atoms with E-state index in [9.17, 15) is 4.79 Å². The Morgan fingerprint density at radius 2 is 2.11 bits per heavy atom. The van der Waals surface area contributed by atoms with Crippen LogP contribution in [0.4, 0.5) is 0 Å². The molecule has 18 heavy (non-hydrogen) atoms. The van der Waals surface area contributed by atoms with Crippen molar-refractivity contribution in [3.8, 4) is 0 Å². The Balaban J connectivity index is 1.90. The van der Waals surface area contributed by atoms with Crippen LogP contribution >= 0.6 is 27.7 Å². The Hall–Kier alpha value is -0.480. The van der Waals surface area contributed by atoms with Crippen molar-refractivity contribution in [2.45, 2.75) is 19.8 Å². The fraction of sp³-hybridized carbons (Fsp3) is 0.500. The molecule has 1 aliphatic rings.